The Morgan fingerprint density at radius 3 is 2.62 bits per heavy atom. The Bertz CT molecular complexity index is 682. The minimum Gasteiger partial charge on any atom is -0.379 e. The van der Waals surface area contributed by atoms with E-state index in [1.807, 2.05) is 13.8 Å². The third kappa shape index (κ3) is 3.24. The first-order chi connectivity index (χ1) is 11.7. The van der Waals surface area contributed by atoms with Crippen molar-refractivity contribution < 1.29 is 9.26 Å². The minimum atomic E-state index is 0.832. The highest BCUT2D eigenvalue weighted by molar-refractivity contribution is 5.20. The fourth-order valence-electron chi connectivity index (χ4n) is 3.51. The van der Waals surface area contributed by atoms with E-state index in [0.29, 0.717) is 0 Å². The third-order valence-corrected chi connectivity index (χ3v) is 4.98. The van der Waals surface area contributed by atoms with Crippen molar-refractivity contribution in [3.63, 3.8) is 0 Å². The molecular formula is C17H25N5O2. The molecule has 4 rings (SSSR count). The number of rotatable bonds is 4. The van der Waals surface area contributed by atoms with Crippen molar-refractivity contribution in [1.82, 2.24) is 24.5 Å². The summed E-state index contributed by atoms with van der Waals surface area (Å²) in [6.07, 6.45) is 2.22. The molecule has 0 unspecified atom stereocenters. The fraction of sp³-hybridized carbons (Fsp3) is 0.647. The largest absolute Gasteiger partial charge is 0.379 e. The van der Waals surface area contributed by atoms with Gasteiger partial charge in [-0.15, -0.1) is 0 Å². The van der Waals surface area contributed by atoms with E-state index in [1.54, 1.807) is 0 Å². The monoisotopic (exact) mass is 331 g/mol. The van der Waals surface area contributed by atoms with Gasteiger partial charge in [-0.25, -0.2) is 4.98 Å². The molecule has 130 valence electrons. The Balaban J connectivity index is 1.41. The van der Waals surface area contributed by atoms with Crippen LogP contribution in [-0.2, 0) is 30.9 Å². The molecule has 7 nitrogen and oxygen atoms in total. The highest BCUT2D eigenvalue weighted by Crippen LogP contribution is 2.20. The Kier molecular flexibility index (Phi) is 4.39. The van der Waals surface area contributed by atoms with Crippen molar-refractivity contribution in [2.75, 3.05) is 32.8 Å². The summed E-state index contributed by atoms with van der Waals surface area (Å²) in [5.41, 5.74) is 3.38. The summed E-state index contributed by atoms with van der Waals surface area (Å²) < 4.78 is 13.0. The van der Waals surface area contributed by atoms with Gasteiger partial charge in [-0.05, 0) is 13.8 Å². The van der Waals surface area contributed by atoms with E-state index in [0.717, 1.165) is 76.3 Å². The van der Waals surface area contributed by atoms with Crippen molar-refractivity contribution in [3.05, 3.63) is 34.7 Å². The average molecular weight is 331 g/mol. The zero-order valence-corrected chi connectivity index (χ0v) is 14.5. The first-order valence-corrected chi connectivity index (χ1v) is 8.68. The second-order valence-corrected chi connectivity index (χ2v) is 6.74. The van der Waals surface area contributed by atoms with Crippen LogP contribution in [0, 0.1) is 13.8 Å². The van der Waals surface area contributed by atoms with Crippen molar-refractivity contribution >= 4 is 0 Å². The summed E-state index contributed by atoms with van der Waals surface area (Å²) in [6, 6.07) is 0. The normalized spacial score (nSPS) is 19.6. The van der Waals surface area contributed by atoms with Crippen molar-refractivity contribution in [2.45, 2.75) is 40.0 Å². The molecule has 0 aliphatic carbocycles. The van der Waals surface area contributed by atoms with Gasteiger partial charge in [0.1, 0.15) is 11.6 Å². The Morgan fingerprint density at radius 1 is 1.04 bits per heavy atom. The molecule has 0 aromatic carbocycles. The van der Waals surface area contributed by atoms with Crippen LogP contribution >= 0.6 is 0 Å². The van der Waals surface area contributed by atoms with Gasteiger partial charge in [-0.2, -0.15) is 0 Å². The van der Waals surface area contributed by atoms with Crippen molar-refractivity contribution in [1.29, 1.82) is 0 Å². The van der Waals surface area contributed by atoms with Crippen LogP contribution in [0.3, 0.4) is 0 Å². The van der Waals surface area contributed by atoms with E-state index in [1.165, 1.54) is 11.3 Å². The molecule has 4 heterocycles. The number of fused-ring (bicyclic) bond motifs is 1. The van der Waals surface area contributed by atoms with Gasteiger partial charge in [0.05, 0.1) is 31.1 Å². The number of hydrogen-bond acceptors (Lipinski definition) is 6. The maximum atomic E-state index is 5.42. The zero-order chi connectivity index (χ0) is 16.5. The molecule has 2 aromatic heterocycles. The molecule has 0 saturated carbocycles. The molecule has 2 aliphatic heterocycles. The van der Waals surface area contributed by atoms with Crippen LogP contribution in [0.1, 0.15) is 28.5 Å². The summed E-state index contributed by atoms with van der Waals surface area (Å²) in [6.45, 7) is 12.4. The number of ether oxygens (including phenoxy) is 1. The van der Waals surface area contributed by atoms with Crippen molar-refractivity contribution in [2.24, 2.45) is 0 Å². The molecule has 0 bridgehead atoms. The van der Waals surface area contributed by atoms with Gasteiger partial charge in [0.2, 0.25) is 0 Å². The van der Waals surface area contributed by atoms with Crippen LogP contribution in [0.2, 0.25) is 0 Å². The third-order valence-electron chi connectivity index (χ3n) is 4.98. The van der Waals surface area contributed by atoms with Crippen LogP contribution in [0.25, 0.3) is 0 Å². The Morgan fingerprint density at radius 2 is 1.88 bits per heavy atom. The topological polar surface area (TPSA) is 59.6 Å². The summed E-state index contributed by atoms with van der Waals surface area (Å²) in [5.74, 6) is 2.09. The van der Waals surface area contributed by atoms with Crippen LogP contribution in [-0.4, -0.2) is 57.4 Å². The lowest BCUT2D eigenvalue weighted by atomic mass is 10.2. The molecule has 0 N–H and O–H groups in total. The molecular weight excluding hydrogens is 306 g/mol. The first kappa shape index (κ1) is 15.8. The molecule has 0 amide bonds. The molecule has 24 heavy (non-hydrogen) atoms. The Labute approximate surface area is 142 Å². The summed E-state index contributed by atoms with van der Waals surface area (Å²) >= 11 is 0. The second-order valence-electron chi connectivity index (χ2n) is 6.74. The maximum Gasteiger partial charge on any atom is 0.138 e. The zero-order valence-electron chi connectivity index (χ0n) is 14.5. The van der Waals surface area contributed by atoms with Gasteiger partial charge in [0.15, 0.2) is 0 Å². The van der Waals surface area contributed by atoms with Gasteiger partial charge < -0.3 is 13.8 Å². The SMILES string of the molecule is Cc1noc(C)c1CN1CCn2cc(CN3CCOCC3)nc2C1. The molecule has 7 heteroatoms. The predicted molar refractivity (Wildman–Crippen MR) is 88.4 cm³/mol. The van der Waals surface area contributed by atoms with E-state index in [-0.39, 0.29) is 0 Å². The minimum absolute atomic E-state index is 0.832. The lowest BCUT2D eigenvalue weighted by Gasteiger charge is -2.27. The molecule has 0 atom stereocenters. The first-order valence-electron chi connectivity index (χ1n) is 8.68. The van der Waals surface area contributed by atoms with Crippen LogP contribution < -0.4 is 0 Å². The number of morpholine rings is 1. The van der Waals surface area contributed by atoms with Gasteiger partial charge in [0.25, 0.3) is 0 Å². The quantitative estimate of drug-likeness (QED) is 0.842. The van der Waals surface area contributed by atoms with E-state index >= 15 is 0 Å². The lowest BCUT2D eigenvalue weighted by Crippen LogP contribution is -2.35. The van der Waals surface area contributed by atoms with Crippen LogP contribution in [0.5, 0.6) is 0 Å². The second kappa shape index (κ2) is 6.66. The molecule has 2 aromatic rings. The molecule has 2 aliphatic rings. The predicted octanol–water partition coefficient (Wildman–Crippen LogP) is 1.34. The van der Waals surface area contributed by atoms with Crippen LogP contribution in [0.15, 0.2) is 10.7 Å². The van der Waals surface area contributed by atoms with Crippen molar-refractivity contribution in [3.8, 4) is 0 Å². The molecule has 1 saturated heterocycles. The summed E-state index contributed by atoms with van der Waals surface area (Å²) in [5, 5.41) is 4.06. The molecule has 0 spiro atoms. The molecule has 0 radical (unpaired) electrons. The average Bonchev–Trinajstić information content (AvgIpc) is 3.12. The standard InChI is InChI=1S/C17H25N5O2/c1-13-16(14(2)24-19-13)11-21-3-4-22-10-15(18-17(22)12-21)9-20-5-7-23-8-6-20/h10H,3-9,11-12H2,1-2H3. The highest BCUT2D eigenvalue weighted by atomic mass is 16.5. The van der Waals surface area contributed by atoms with E-state index in [2.05, 4.69) is 25.7 Å². The summed E-state index contributed by atoms with van der Waals surface area (Å²) in [7, 11) is 0. The summed E-state index contributed by atoms with van der Waals surface area (Å²) in [4.78, 5) is 9.71. The number of hydrogen-bond donors (Lipinski definition) is 0. The van der Waals surface area contributed by atoms with E-state index < -0.39 is 0 Å². The Hall–Kier alpha value is -1.70. The van der Waals surface area contributed by atoms with E-state index in [9.17, 15) is 0 Å². The smallest absolute Gasteiger partial charge is 0.138 e. The number of imidazole rings is 1. The fourth-order valence-corrected chi connectivity index (χ4v) is 3.51. The maximum absolute atomic E-state index is 5.42. The lowest BCUT2D eigenvalue weighted by molar-refractivity contribution is 0.0337. The van der Waals surface area contributed by atoms with Crippen LogP contribution in [0.4, 0.5) is 0 Å². The van der Waals surface area contributed by atoms with Gasteiger partial charge in [-0.3, -0.25) is 9.80 Å². The van der Waals surface area contributed by atoms with Gasteiger partial charge in [0, 0.05) is 51.0 Å². The van der Waals surface area contributed by atoms with E-state index in [4.69, 9.17) is 14.2 Å². The number of nitrogens with zero attached hydrogens (tertiary/aromatic N) is 5. The molecule has 1 fully saturated rings. The van der Waals surface area contributed by atoms with Gasteiger partial charge in [-0.1, -0.05) is 5.16 Å². The highest BCUT2D eigenvalue weighted by Gasteiger charge is 2.22. The van der Waals surface area contributed by atoms with Gasteiger partial charge >= 0.3 is 0 Å². The number of aromatic nitrogens is 3. The number of aryl methyl sites for hydroxylation is 2.